The fourth-order valence-corrected chi connectivity index (χ4v) is 3.92. The van der Waals surface area contributed by atoms with Crippen molar-refractivity contribution >= 4 is 29.1 Å². The predicted molar refractivity (Wildman–Crippen MR) is 115 cm³/mol. The number of carbonyl (C=O) groups excluding carboxylic acids is 1. The number of nitrogens with zero attached hydrogens (tertiary/aromatic N) is 2. The Morgan fingerprint density at radius 2 is 2.10 bits per heavy atom. The molecule has 3 rings (SSSR count). The summed E-state index contributed by atoms with van der Waals surface area (Å²) in [6.45, 7) is 3.99. The summed E-state index contributed by atoms with van der Waals surface area (Å²) in [5.41, 5.74) is 7.63. The Hall–Kier alpha value is -2.26. The first kappa shape index (κ1) is 21.4. The van der Waals surface area contributed by atoms with Crippen molar-refractivity contribution in [2.75, 3.05) is 26.2 Å². The summed E-state index contributed by atoms with van der Waals surface area (Å²) >= 11 is 12.3. The molecule has 1 heterocycles. The predicted octanol–water partition coefficient (Wildman–Crippen LogP) is 4.47. The van der Waals surface area contributed by atoms with E-state index in [0.29, 0.717) is 59.6 Å². The maximum absolute atomic E-state index is 13.4. The van der Waals surface area contributed by atoms with E-state index >= 15 is 0 Å². The number of ether oxygens (including phenoxy) is 1. The number of benzene rings is 2. The summed E-state index contributed by atoms with van der Waals surface area (Å²) in [5.74, 6) is 0.354. The highest BCUT2D eigenvalue weighted by molar-refractivity contribution is 6.42. The van der Waals surface area contributed by atoms with Gasteiger partial charge in [-0.2, -0.15) is 5.26 Å². The van der Waals surface area contributed by atoms with Crippen LogP contribution < -0.4 is 10.5 Å². The van der Waals surface area contributed by atoms with Crippen molar-refractivity contribution in [1.29, 1.82) is 5.26 Å². The molecule has 1 amide bonds. The summed E-state index contributed by atoms with van der Waals surface area (Å²) in [6, 6.07) is 12.7. The zero-order valence-corrected chi connectivity index (χ0v) is 17.7. The molecule has 2 aromatic rings. The van der Waals surface area contributed by atoms with Gasteiger partial charge in [-0.1, -0.05) is 42.3 Å². The molecule has 0 aliphatic carbocycles. The number of hydrogen-bond acceptors (Lipinski definition) is 4. The number of halogens is 2. The van der Waals surface area contributed by atoms with Crippen molar-refractivity contribution in [2.45, 2.75) is 19.3 Å². The molecule has 0 radical (unpaired) electrons. The standard InChI is InChI=1S/C22H23Cl2N3O2/c1-14-11-27(12-17(7-8-25)15-5-6-19(23)20(24)9-15)22(28)18-4-2-3-16(10-26)21(18)29-13-14/h2-6,9,14,17H,7-8,11-13,25H2,1H3/t14-,17-/m1/s1. The lowest BCUT2D eigenvalue weighted by molar-refractivity contribution is 0.0669. The molecule has 5 nitrogen and oxygen atoms in total. The molecular formula is C22H23Cl2N3O2. The molecule has 2 N–H and O–H groups in total. The van der Waals surface area contributed by atoms with E-state index in [1.807, 2.05) is 24.0 Å². The lowest BCUT2D eigenvalue weighted by atomic mass is 9.94. The van der Waals surface area contributed by atoms with Gasteiger partial charge in [-0.15, -0.1) is 0 Å². The van der Waals surface area contributed by atoms with E-state index < -0.39 is 0 Å². The summed E-state index contributed by atoms with van der Waals surface area (Å²) in [7, 11) is 0. The van der Waals surface area contributed by atoms with Crippen molar-refractivity contribution < 1.29 is 9.53 Å². The third kappa shape index (κ3) is 4.84. The van der Waals surface area contributed by atoms with E-state index in [1.54, 1.807) is 24.3 Å². The fraction of sp³-hybridized carbons (Fsp3) is 0.364. The van der Waals surface area contributed by atoms with E-state index in [2.05, 4.69) is 6.07 Å². The van der Waals surface area contributed by atoms with Crippen LogP contribution in [0.3, 0.4) is 0 Å². The maximum Gasteiger partial charge on any atom is 0.257 e. The molecule has 7 heteroatoms. The molecule has 0 fully saturated rings. The van der Waals surface area contributed by atoms with Crippen LogP contribution >= 0.6 is 23.2 Å². The van der Waals surface area contributed by atoms with Gasteiger partial charge >= 0.3 is 0 Å². The van der Waals surface area contributed by atoms with Gasteiger partial charge in [0.1, 0.15) is 11.8 Å². The first-order chi connectivity index (χ1) is 13.9. The molecule has 0 unspecified atom stereocenters. The Labute approximate surface area is 181 Å². The smallest absolute Gasteiger partial charge is 0.257 e. The molecule has 29 heavy (non-hydrogen) atoms. The first-order valence-electron chi connectivity index (χ1n) is 9.54. The quantitative estimate of drug-likeness (QED) is 0.756. The van der Waals surface area contributed by atoms with Crippen LogP contribution in [-0.2, 0) is 0 Å². The van der Waals surface area contributed by atoms with E-state index in [4.69, 9.17) is 33.7 Å². The average molecular weight is 432 g/mol. The monoisotopic (exact) mass is 431 g/mol. The highest BCUT2D eigenvalue weighted by Gasteiger charge is 2.29. The summed E-state index contributed by atoms with van der Waals surface area (Å²) in [4.78, 5) is 15.2. The normalized spacial score (nSPS) is 17.6. The lowest BCUT2D eigenvalue weighted by Gasteiger charge is -2.33. The van der Waals surface area contributed by atoms with E-state index in [0.717, 1.165) is 5.56 Å². The highest BCUT2D eigenvalue weighted by atomic mass is 35.5. The van der Waals surface area contributed by atoms with Gasteiger partial charge in [0.2, 0.25) is 0 Å². The van der Waals surface area contributed by atoms with Crippen LogP contribution in [0.15, 0.2) is 36.4 Å². The minimum atomic E-state index is -0.147. The van der Waals surface area contributed by atoms with Crippen molar-refractivity contribution in [3.05, 3.63) is 63.1 Å². The van der Waals surface area contributed by atoms with Crippen LogP contribution in [0, 0.1) is 17.2 Å². The number of nitrogens with two attached hydrogens (primary N) is 1. The molecule has 2 aromatic carbocycles. The zero-order chi connectivity index (χ0) is 21.0. The van der Waals surface area contributed by atoms with E-state index in [9.17, 15) is 10.1 Å². The maximum atomic E-state index is 13.4. The van der Waals surface area contributed by atoms with Gasteiger partial charge in [0.25, 0.3) is 5.91 Å². The Morgan fingerprint density at radius 1 is 1.31 bits per heavy atom. The van der Waals surface area contributed by atoms with Crippen molar-refractivity contribution in [2.24, 2.45) is 11.7 Å². The summed E-state index contributed by atoms with van der Waals surface area (Å²) in [6.07, 6.45) is 0.706. The topological polar surface area (TPSA) is 79.3 Å². The number of rotatable bonds is 5. The molecule has 1 aliphatic heterocycles. The van der Waals surface area contributed by atoms with Gasteiger partial charge in [0.15, 0.2) is 0 Å². The number of fused-ring (bicyclic) bond motifs is 1. The third-order valence-corrected chi connectivity index (χ3v) is 5.81. The van der Waals surface area contributed by atoms with Crippen LogP contribution in [0.25, 0.3) is 0 Å². The van der Waals surface area contributed by atoms with Gasteiger partial charge in [0, 0.05) is 24.9 Å². The van der Waals surface area contributed by atoms with Crippen LogP contribution in [0.1, 0.15) is 40.7 Å². The third-order valence-electron chi connectivity index (χ3n) is 5.07. The SMILES string of the molecule is C[C@H]1COc2c(C#N)cccc2C(=O)N(C[C@@H](CCN)c2ccc(Cl)c(Cl)c2)C1. The Bertz CT molecular complexity index is 942. The van der Waals surface area contributed by atoms with Crippen LogP contribution in [0.2, 0.25) is 10.0 Å². The second-order valence-electron chi connectivity index (χ2n) is 7.37. The summed E-state index contributed by atoms with van der Waals surface area (Å²) in [5, 5.41) is 10.4. The van der Waals surface area contributed by atoms with E-state index in [-0.39, 0.29) is 17.7 Å². The number of hydrogen-bond donors (Lipinski definition) is 1. The molecule has 1 aliphatic rings. The van der Waals surface area contributed by atoms with Crippen LogP contribution in [-0.4, -0.2) is 37.0 Å². The number of nitriles is 1. The highest BCUT2D eigenvalue weighted by Crippen LogP contribution is 2.31. The molecule has 0 saturated heterocycles. The Kier molecular flexibility index (Phi) is 7.02. The largest absolute Gasteiger partial charge is 0.491 e. The van der Waals surface area contributed by atoms with Crippen molar-refractivity contribution in [1.82, 2.24) is 4.90 Å². The Morgan fingerprint density at radius 3 is 2.79 bits per heavy atom. The fourth-order valence-electron chi connectivity index (χ4n) is 3.61. The zero-order valence-electron chi connectivity index (χ0n) is 16.2. The minimum absolute atomic E-state index is 0.0221. The van der Waals surface area contributed by atoms with Gasteiger partial charge in [-0.3, -0.25) is 4.79 Å². The molecule has 2 atom stereocenters. The average Bonchev–Trinajstić information content (AvgIpc) is 2.71. The molecule has 152 valence electrons. The second-order valence-corrected chi connectivity index (χ2v) is 8.18. The van der Waals surface area contributed by atoms with Crippen LogP contribution in [0.4, 0.5) is 0 Å². The first-order valence-corrected chi connectivity index (χ1v) is 10.3. The van der Waals surface area contributed by atoms with Gasteiger partial charge in [-0.25, -0.2) is 0 Å². The van der Waals surface area contributed by atoms with Crippen molar-refractivity contribution in [3.63, 3.8) is 0 Å². The number of amides is 1. The van der Waals surface area contributed by atoms with Crippen LogP contribution in [0.5, 0.6) is 5.75 Å². The minimum Gasteiger partial charge on any atom is -0.491 e. The van der Waals surface area contributed by atoms with Gasteiger partial charge in [0.05, 0.1) is 27.8 Å². The Balaban J connectivity index is 1.95. The molecule has 0 bridgehead atoms. The number of carbonyl (C=O) groups is 1. The molecule has 0 spiro atoms. The summed E-state index contributed by atoms with van der Waals surface area (Å²) < 4.78 is 5.83. The molecular weight excluding hydrogens is 409 g/mol. The van der Waals surface area contributed by atoms with E-state index in [1.165, 1.54) is 0 Å². The number of para-hydroxylation sites is 1. The second kappa shape index (κ2) is 9.49. The molecule has 0 saturated carbocycles. The molecule has 0 aromatic heterocycles. The van der Waals surface area contributed by atoms with Crippen molar-refractivity contribution in [3.8, 4) is 11.8 Å². The van der Waals surface area contributed by atoms with Gasteiger partial charge in [-0.05, 0) is 42.8 Å². The van der Waals surface area contributed by atoms with Gasteiger partial charge < -0.3 is 15.4 Å². The lowest BCUT2D eigenvalue weighted by Crippen LogP contribution is -2.41.